The summed E-state index contributed by atoms with van der Waals surface area (Å²) < 4.78 is 15.3. The molecule has 1 heterocycles. The van der Waals surface area contributed by atoms with Gasteiger partial charge in [-0.15, -0.1) is 0 Å². The van der Waals surface area contributed by atoms with Crippen LogP contribution in [0.25, 0.3) is 5.69 Å². The second kappa shape index (κ2) is 4.45. The van der Waals surface area contributed by atoms with E-state index in [1.165, 1.54) is 6.07 Å². The van der Waals surface area contributed by atoms with E-state index < -0.39 is 0 Å². The van der Waals surface area contributed by atoms with Gasteiger partial charge < -0.3 is 9.88 Å². The minimum absolute atomic E-state index is 0.193. The van der Waals surface area contributed by atoms with E-state index in [0.29, 0.717) is 12.1 Å². The zero-order valence-corrected chi connectivity index (χ0v) is 9.37. The number of nitrogens with one attached hydrogen (secondary N) is 1. The first-order valence-electron chi connectivity index (χ1n) is 5.15. The number of aryl methyl sites for hydroxylation is 1. The highest BCUT2D eigenvalue weighted by Crippen LogP contribution is 2.15. The lowest BCUT2D eigenvalue weighted by molar-refractivity contribution is 0.616. The Kier molecular flexibility index (Phi) is 3.01. The molecule has 2 rings (SSSR count). The summed E-state index contributed by atoms with van der Waals surface area (Å²) in [5, 5.41) is 3.03. The van der Waals surface area contributed by atoms with E-state index in [0.717, 1.165) is 11.5 Å². The van der Waals surface area contributed by atoms with Gasteiger partial charge in [-0.3, -0.25) is 0 Å². The van der Waals surface area contributed by atoms with Crippen molar-refractivity contribution in [2.24, 2.45) is 0 Å². The molecule has 4 heteroatoms. The van der Waals surface area contributed by atoms with E-state index in [4.69, 9.17) is 0 Å². The van der Waals surface area contributed by atoms with E-state index in [1.807, 2.05) is 23.9 Å². The van der Waals surface area contributed by atoms with Gasteiger partial charge in [0.15, 0.2) is 0 Å². The van der Waals surface area contributed by atoms with Crippen LogP contribution < -0.4 is 5.32 Å². The van der Waals surface area contributed by atoms with Crippen molar-refractivity contribution in [1.82, 2.24) is 14.9 Å². The summed E-state index contributed by atoms with van der Waals surface area (Å²) in [6.07, 6.45) is 3.54. The molecule has 0 atom stereocenters. The van der Waals surface area contributed by atoms with E-state index in [2.05, 4.69) is 10.3 Å². The molecule has 1 aromatic heterocycles. The Hall–Kier alpha value is -1.68. The summed E-state index contributed by atoms with van der Waals surface area (Å²) >= 11 is 0. The fourth-order valence-electron chi connectivity index (χ4n) is 1.59. The molecule has 2 aromatic rings. The molecule has 0 spiro atoms. The van der Waals surface area contributed by atoms with Crippen molar-refractivity contribution in [3.8, 4) is 5.69 Å². The van der Waals surface area contributed by atoms with E-state index >= 15 is 0 Å². The third-order valence-corrected chi connectivity index (χ3v) is 2.49. The van der Waals surface area contributed by atoms with Gasteiger partial charge in [-0.05, 0) is 31.7 Å². The predicted molar refractivity (Wildman–Crippen MR) is 61.0 cm³/mol. The number of nitrogens with zero attached hydrogens (tertiary/aromatic N) is 2. The van der Waals surface area contributed by atoms with Gasteiger partial charge in [-0.25, -0.2) is 9.37 Å². The van der Waals surface area contributed by atoms with Gasteiger partial charge in [-0.2, -0.15) is 0 Å². The molecule has 0 fully saturated rings. The monoisotopic (exact) mass is 219 g/mol. The minimum atomic E-state index is -0.193. The molecule has 0 saturated carbocycles. The van der Waals surface area contributed by atoms with Gasteiger partial charge >= 0.3 is 0 Å². The van der Waals surface area contributed by atoms with Crippen molar-refractivity contribution >= 4 is 0 Å². The fraction of sp³-hybridized carbons (Fsp3) is 0.250. The summed E-state index contributed by atoms with van der Waals surface area (Å²) in [5.74, 6) is 0.673. The molecule has 0 amide bonds. The summed E-state index contributed by atoms with van der Waals surface area (Å²) in [7, 11) is 1.86. The maximum absolute atomic E-state index is 13.4. The van der Waals surface area contributed by atoms with Crippen molar-refractivity contribution in [3.05, 3.63) is 47.8 Å². The minimum Gasteiger partial charge on any atom is -0.313 e. The lowest BCUT2D eigenvalue weighted by atomic mass is 10.2. The van der Waals surface area contributed by atoms with Crippen LogP contribution in [-0.2, 0) is 6.54 Å². The Morgan fingerprint density at radius 1 is 1.44 bits per heavy atom. The zero-order chi connectivity index (χ0) is 11.5. The highest BCUT2D eigenvalue weighted by Gasteiger charge is 2.05. The summed E-state index contributed by atoms with van der Waals surface area (Å²) in [5.41, 5.74) is 1.45. The molecule has 1 N–H and O–H groups in total. The standard InChI is InChI=1S/C12H14FN3/c1-9-3-4-10(7-11(9)13)16-6-5-15-12(16)8-14-2/h3-7,14H,8H2,1-2H3. The van der Waals surface area contributed by atoms with Gasteiger partial charge in [0.25, 0.3) is 0 Å². The van der Waals surface area contributed by atoms with Crippen LogP contribution in [0.15, 0.2) is 30.6 Å². The molecule has 0 saturated heterocycles. The third-order valence-electron chi connectivity index (χ3n) is 2.49. The van der Waals surface area contributed by atoms with Crippen LogP contribution in [0.4, 0.5) is 4.39 Å². The highest BCUT2D eigenvalue weighted by molar-refractivity contribution is 5.36. The molecule has 0 aliphatic carbocycles. The first-order valence-corrected chi connectivity index (χ1v) is 5.15. The smallest absolute Gasteiger partial charge is 0.128 e. The molecule has 84 valence electrons. The van der Waals surface area contributed by atoms with Gasteiger partial charge in [0, 0.05) is 18.1 Å². The zero-order valence-electron chi connectivity index (χ0n) is 9.37. The van der Waals surface area contributed by atoms with Gasteiger partial charge in [0.2, 0.25) is 0 Å². The van der Waals surface area contributed by atoms with Crippen LogP contribution in [0.5, 0.6) is 0 Å². The van der Waals surface area contributed by atoms with Crippen molar-refractivity contribution in [3.63, 3.8) is 0 Å². The number of benzene rings is 1. The quantitative estimate of drug-likeness (QED) is 0.856. The van der Waals surface area contributed by atoms with Crippen molar-refractivity contribution in [2.75, 3.05) is 7.05 Å². The number of aromatic nitrogens is 2. The summed E-state index contributed by atoms with van der Waals surface area (Å²) in [4.78, 5) is 4.21. The first-order chi connectivity index (χ1) is 7.72. The second-order valence-corrected chi connectivity index (χ2v) is 3.68. The van der Waals surface area contributed by atoms with Gasteiger partial charge in [-0.1, -0.05) is 6.07 Å². The molecule has 0 radical (unpaired) electrons. The Labute approximate surface area is 93.9 Å². The van der Waals surface area contributed by atoms with Crippen LogP contribution in [0.1, 0.15) is 11.4 Å². The SMILES string of the molecule is CNCc1nccn1-c1ccc(C)c(F)c1. The Morgan fingerprint density at radius 3 is 2.94 bits per heavy atom. The molecule has 0 unspecified atom stereocenters. The van der Waals surface area contributed by atoms with Gasteiger partial charge in [0.1, 0.15) is 11.6 Å². The van der Waals surface area contributed by atoms with Crippen LogP contribution in [0.2, 0.25) is 0 Å². The van der Waals surface area contributed by atoms with Crippen LogP contribution >= 0.6 is 0 Å². The normalized spacial score (nSPS) is 10.7. The Morgan fingerprint density at radius 2 is 2.25 bits per heavy atom. The summed E-state index contributed by atoms with van der Waals surface area (Å²) in [6, 6.07) is 5.18. The van der Waals surface area contributed by atoms with E-state index in [-0.39, 0.29) is 5.82 Å². The van der Waals surface area contributed by atoms with E-state index in [9.17, 15) is 4.39 Å². The Bertz CT molecular complexity index is 491. The molecule has 0 aliphatic rings. The second-order valence-electron chi connectivity index (χ2n) is 3.68. The van der Waals surface area contributed by atoms with Crippen molar-refractivity contribution in [2.45, 2.75) is 13.5 Å². The van der Waals surface area contributed by atoms with Crippen molar-refractivity contribution in [1.29, 1.82) is 0 Å². The average Bonchev–Trinajstić information content (AvgIpc) is 2.71. The molecule has 0 aliphatic heterocycles. The maximum Gasteiger partial charge on any atom is 0.128 e. The number of hydrogen-bond donors (Lipinski definition) is 1. The van der Waals surface area contributed by atoms with Crippen LogP contribution in [-0.4, -0.2) is 16.6 Å². The topological polar surface area (TPSA) is 29.9 Å². The molecule has 0 bridgehead atoms. The lowest BCUT2D eigenvalue weighted by Gasteiger charge is -2.08. The number of halogens is 1. The number of imidazole rings is 1. The van der Waals surface area contributed by atoms with Crippen LogP contribution in [0.3, 0.4) is 0 Å². The molecular weight excluding hydrogens is 205 g/mol. The fourth-order valence-corrected chi connectivity index (χ4v) is 1.59. The average molecular weight is 219 g/mol. The molecule has 3 nitrogen and oxygen atoms in total. The molecule has 1 aromatic carbocycles. The maximum atomic E-state index is 13.4. The number of hydrogen-bond acceptors (Lipinski definition) is 2. The molecular formula is C12H14FN3. The van der Waals surface area contributed by atoms with Crippen molar-refractivity contribution < 1.29 is 4.39 Å². The summed E-state index contributed by atoms with van der Waals surface area (Å²) in [6.45, 7) is 2.41. The van der Waals surface area contributed by atoms with E-state index in [1.54, 1.807) is 19.2 Å². The predicted octanol–water partition coefficient (Wildman–Crippen LogP) is 2.04. The number of rotatable bonds is 3. The van der Waals surface area contributed by atoms with Gasteiger partial charge in [0.05, 0.1) is 6.54 Å². The first kappa shape index (κ1) is 10.8. The Balaban J connectivity index is 2.42. The largest absolute Gasteiger partial charge is 0.313 e. The lowest BCUT2D eigenvalue weighted by Crippen LogP contribution is -2.11. The highest BCUT2D eigenvalue weighted by atomic mass is 19.1. The van der Waals surface area contributed by atoms with Crippen LogP contribution in [0, 0.1) is 12.7 Å². The molecule has 16 heavy (non-hydrogen) atoms. The third kappa shape index (κ3) is 1.97.